The van der Waals surface area contributed by atoms with Crippen LogP contribution in [-0.2, 0) is 6.42 Å². The number of fused-ring (bicyclic) bond motifs is 1. The molecule has 0 aliphatic carbocycles. The van der Waals surface area contributed by atoms with Crippen LogP contribution in [0.3, 0.4) is 0 Å². The van der Waals surface area contributed by atoms with E-state index in [9.17, 15) is 9.90 Å². The maximum atomic E-state index is 10.7. The van der Waals surface area contributed by atoms with Crippen LogP contribution in [0, 0.1) is 0 Å². The lowest BCUT2D eigenvalue weighted by molar-refractivity contribution is 0.112. The van der Waals surface area contributed by atoms with Gasteiger partial charge in [-0.3, -0.25) is 4.79 Å². The van der Waals surface area contributed by atoms with E-state index in [4.69, 9.17) is 0 Å². The van der Waals surface area contributed by atoms with Gasteiger partial charge in [0.1, 0.15) is 11.4 Å². The maximum absolute atomic E-state index is 10.7. The molecule has 3 aromatic rings. The van der Waals surface area contributed by atoms with Crippen LogP contribution in [0.15, 0.2) is 48.8 Å². The largest absolute Gasteiger partial charge is 0.508 e. The average molecular weight is 252 g/mol. The van der Waals surface area contributed by atoms with Crippen molar-refractivity contribution < 1.29 is 9.90 Å². The van der Waals surface area contributed by atoms with Crippen molar-refractivity contribution in [2.75, 3.05) is 0 Å². The molecule has 0 radical (unpaired) electrons. The minimum absolute atomic E-state index is 0.259. The lowest BCUT2D eigenvalue weighted by Gasteiger charge is -1.97. The number of aldehydes is 1. The number of carbonyl (C=O) groups is 1. The van der Waals surface area contributed by atoms with Crippen molar-refractivity contribution in [3.63, 3.8) is 0 Å². The minimum atomic E-state index is 0.259. The summed E-state index contributed by atoms with van der Waals surface area (Å²) in [4.78, 5) is 15.2. The van der Waals surface area contributed by atoms with E-state index in [0.717, 1.165) is 23.2 Å². The zero-order chi connectivity index (χ0) is 13.2. The molecular weight excluding hydrogens is 240 g/mol. The number of hydrogen-bond acceptors (Lipinski definition) is 3. The summed E-state index contributed by atoms with van der Waals surface area (Å²) in [5, 5.41) is 9.24. The smallest absolute Gasteiger partial charge is 0.151 e. The Labute approximate surface area is 110 Å². The summed E-state index contributed by atoms with van der Waals surface area (Å²) in [6, 6.07) is 10.6. The highest BCUT2D eigenvalue weighted by molar-refractivity contribution is 5.74. The van der Waals surface area contributed by atoms with E-state index in [1.54, 1.807) is 24.4 Å². The van der Waals surface area contributed by atoms with Crippen LogP contribution in [0.25, 0.3) is 5.65 Å². The second kappa shape index (κ2) is 4.57. The number of pyridine rings is 1. The van der Waals surface area contributed by atoms with E-state index in [1.165, 1.54) is 0 Å². The fourth-order valence-electron chi connectivity index (χ4n) is 2.04. The van der Waals surface area contributed by atoms with E-state index >= 15 is 0 Å². The summed E-state index contributed by atoms with van der Waals surface area (Å²) < 4.78 is 1.85. The molecule has 0 aliphatic rings. The van der Waals surface area contributed by atoms with E-state index < -0.39 is 0 Å². The Hall–Kier alpha value is -2.62. The van der Waals surface area contributed by atoms with Crippen LogP contribution in [0.4, 0.5) is 0 Å². The summed E-state index contributed by atoms with van der Waals surface area (Å²) in [7, 11) is 0. The van der Waals surface area contributed by atoms with Crippen molar-refractivity contribution in [3.05, 3.63) is 65.6 Å². The van der Waals surface area contributed by atoms with Gasteiger partial charge < -0.3 is 9.51 Å². The number of hydrogen-bond donors (Lipinski definition) is 1. The van der Waals surface area contributed by atoms with Crippen molar-refractivity contribution >= 4 is 11.9 Å². The first kappa shape index (κ1) is 11.5. The SMILES string of the molecule is O=Cc1ccc2nc(Cc3ccc(O)cc3)cn2c1. The number of phenols is 1. The molecule has 0 spiro atoms. The van der Waals surface area contributed by atoms with Crippen molar-refractivity contribution in [1.82, 2.24) is 9.38 Å². The molecule has 3 rings (SSSR count). The zero-order valence-corrected chi connectivity index (χ0v) is 10.2. The molecule has 0 fully saturated rings. The van der Waals surface area contributed by atoms with Crippen LogP contribution < -0.4 is 0 Å². The van der Waals surface area contributed by atoms with E-state index in [-0.39, 0.29) is 5.75 Å². The number of aromatic nitrogens is 2. The highest BCUT2D eigenvalue weighted by Gasteiger charge is 2.03. The van der Waals surface area contributed by atoms with Crippen LogP contribution in [0.5, 0.6) is 5.75 Å². The average Bonchev–Trinajstić information content (AvgIpc) is 2.82. The topological polar surface area (TPSA) is 54.6 Å². The van der Waals surface area contributed by atoms with E-state index in [2.05, 4.69) is 4.98 Å². The Morgan fingerprint density at radius 3 is 2.63 bits per heavy atom. The highest BCUT2D eigenvalue weighted by atomic mass is 16.3. The number of nitrogens with zero attached hydrogens (tertiary/aromatic N) is 2. The molecule has 94 valence electrons. The van der Waals surface area contributed by atoms with Gasteiger partial charge in [-0.2, -0.15) is 0 Å². The van der Waals surface area contributed by atoms with Gasteiger partial charge in [0.2, 0.25) is 0 Å². The van der Waals surface area contributed by atoms with Crippen molar-refractivity contribution in [2.24, 2.45) is 0 Å². The summed E-state index contributed by atoms with van der Waals surface area (Å²) in [5.41, 5.74) is 3.45. The molecule has 0 atom stereocenters. The molecule has 19 heavy (non-hydrogen) atoms. The van der Waals surface area contributed by atoms with Crippen molar-refractivity contribution in [3.8, 4) is 5.75 Å². The number of phenolic OH excluding ortho intramolecular Hbond substituents is 1. The first-order chi connectivity index (χ1) is 9.24. The van der Waals surface area contributed by atoms with E-state index in [0.29, 0.717) is 12.0 Å². The normalized spacial score (nSPS) is 10.7. The zero-order valence-electron chi connectivity index (χ0n) is 10.2. The highest BCUT2D eigenvalue weighted by Crippen LogP contribution is 2.14. The fourth-order valence-corrected chi connectivity index (χ4v) is 2.04. The summed E-state index contributed by atoms with van der Waals surface area (Å²) in [5.74, 6) is 0.259. The first-order valence-corrected chi connectivity index (χ1v) is 5.95. The summed E-state index contributed by atoms with van der Waals surface area (Å²) in [6.07, 6.45) is 5.18. The van der Waals surface area contributed by atoms with E-state index in [1.807, 2.05) is 28.8 Å². The Morgan fingerprint density at radius 2 is 1.89 bits per heavy atom. The third kappa shape index (κ3) is 2.33. The predicted molar refractivity (Wildman–Crippen MR) is 71.5 cm³/mol. The van der Waals surface area contributed by atoms with Crippen LogP contribution >= 0.6 is 0 Å². The number of aromatic hydroxyl groups is 1. The van der Waals surface area contributed by atoms with Gasteiger partial charge in [-0.1, -0.05) is 12.1 Å². The van der Waals surface area contributed by atoms with Crippen LogP contribution in [0.1, 0.15) is 21.6 Å². The number of rotatable bonds is 3. The Bertz CT molecular complexity index is 729. The molecule has 0 saturated carbocycles. The molecule has 2 aromatic heterocycles. The second-order valence-electron chi connectivity index (χ2n) is 4.42. The lowest BCUT2D eigenvalue weighted by Crippen LogP contribution is -1.87. The van der Waals surface area contributed by atoms with Crippen molar-refractivity contribution in [1.29, 1.82) is 0 Å². The minimum Gasteiger partial charge on any atom is -0.508 e. The number of imidazole rings is 1. The molecule has 1 N–H and O–H groups in total. The van der Waals surface area contributed by atoms with Gasteiger partial charge in [-0.05, 0) is 29.8 Å². The van der Waals surface area contributed by atoms with Gasteiger partial charge >= 0.3 is 0 Å². The quantitative estimate of drug-likeness (QED) is 0.728. The third-order valence-electron chi connectivity index (χ3n) is 2.98. The van der Waals surface area contributed by atoms with Crippen LogP contribution in [0.2, 0.25) is 0 Å². The van der Waals surface area contributed by atoms with Gasteiger partial charge in [-0.25, -0.2) is 4.98 Å². The molecule has 0 unspecified atom stereocenters. The maximum Gasteiger partial charge on any atom is 0.151 e. The molecule has 4 nitrogen and oxygen atoms in total. The molecule has 0 aliphatic heterocycles. The van der Waals surface area contributed by atoms with Gasteiger partial charge in [0.15, 0.2) is 6.29 Å². The Morgan fingerprint density at radius 1 is 1.11 bits per heavy atom. The first-order valence-electron chi connectivity index (χ1n) is 5.95. The van der Waals surface area contributed by atoms with Crippen LogP contribution in [-0.4, -0.2) is 20.8 Å². The predicted octanol–water partition coefficient (Wildman–Crippen LogP) is 2.44. The second-order valence-corrected chi connectivity index (χ2v) is 4.42. The Balaban J connectivity index is 1.92. The summed E-state index contributed by atoms with van der Waals surface area (Å²) >= 11 is 0. The molecule has 1 aromatic carbocycles. The van der Waals surface area contributed by atoms with Gasteiger partial charge in [0.25, 0.3) is 0 Å². The van der Waals surface area contributed by atoms with Gasteiger partial charge in [0, 0.05) is 24.4 Å². The molecular formula is C15H12N2O2. The summed E-state index contributed by atoms with van der Waals surface area (Å²) in [6.45, 7) is 0. The number of carbonyl (C=O) groups excluding carboxylic acids is 1. The Kier molecular flexibility index (Phi) is 2.76. The lowest BCUT2D eigenvalue weighted by atomic mass is 10.1. The molecule has 0 bridgehead atoms. The van der Waals surface area contributed by atoms with Crippen molar-refractivity contribution in [2.45, 2.75) is 6.42 Å². The molecule has 2 heterocycles. The molecule has 0 saturated heterocycles. The molecule has 4 heteroatoms. The standard InChI is InChI=1S/C15H12N2O2/c18-10-12-3-6-15-16-13(9-17(15)8-12)7-11-1-4-14(19)5-2-11/h1-6,8-10,19H,7H2. The van der Waals surface area contributed by atoms with Gasteiger partial charge in [0.05, 0.1) is 5.69 Å². The monoisotopic (exact) mass is 252 g/mol. The number of benzene rings is 1. The fraction of sp³-hybridized carbons (Fsp3) is 0.0667. The van der Waals surface area contributed by atoms with Gasteiger partial charge in [-0.15, -0.1) is 0 Å². The molecule has 0 amide bonds. The third-order valence-corrected chi connectivity index (χ3v) is 2.98.